The number of aromatic nitrogens is 1. The monoisotopic (exact) mass is 237 g/mol. The first-order valence-corrected chi connectivity index (χ1v) is 6.19. The minimum atomic E-state index is -0.254. The van der Waals surface area contributed by atoms with Gasteiger partial charge in [0.25, 0.3) is 0 Å². The Balaban J connectivity index is 2.11. The van der Waals surface area contributed by atoms with Crippen molar-refractivity contribution in [2.24, 2.45) is 0 Å². The summed E-state index contributed by atoms with van der Waals surface area (Å²) < 4.78 is 13.1. The second-order valence-electron chi connectivity index (χ2n) is 4.96. The predicted molar refractivity (Wildman–Crippen MR) is 66.2 cm³/mol. The molecule has 3 nitrogen and oxygen atoms in total. The number of pyridine rings is 1. The van der Waals surface area contributed by atoms with Crippen molar-refractivity contribution in [1.82, 2.24) is 15.2 Å². The van der Waals surface area contributed by atoms with Crippen molar-refractivity contribution in [3.05, 3.63) is 29.8 Å². The molecule has 0 aliphatic carbocycles. The van der Waals surface area contributed by atoms with Crippen LogP contribution in [-0.4, -0.2) is 35.1 Å². The van der Waals surface area contributed by atoms with Gasteiger partial charge in [-0.3, -0.25) is 9.88 Å². The van der Waals surface area contributed by atoms with E-state index >= 15 is 0 Å². The van der Waals surface area contributed by atoms with Gasteiger partial charge in [-0.25, -0.2) is 4.39 Å². The third kappa shape index (κ3) is 2.82. The maximum Gasteiger partial charge on any atom is 0.141 e. The largest absolute Gasteiger partial charge is 0.314 e. The molecule has 2 heterocycles. The molecule has 1 atom stereocenters. The van der Waals surface area contributed by atoms with Crippen LogP contribution in [0.25, 0.3) is 0 Å². The Kier molecular flexibility index (Phi) is 3.74. The Bertz CT molecular complexity index is 383. The van der Waals surface area contributed by atoms with E-state index in [9.17, 15) is 4.39 Å². The van der Waals surface area contributed by atoms with Crippen LogP contribution in [-0.2, 0) is 6.54 Å². The van der Waals surface area contributed by atoms with Gasteiger partial charge in [-0.15, -0.1) is 0 Å². The summed E-state index contributed by atoms with van der Waals surface area (Å²) in [6.07, 6.45) is 4.09. The van der Waals surface area contributed by atoms with Crippen molar-refractivity contribution in [2.75, 3.05) is 19.6 Å². The van der Waals surface area contributed by atoms with Crippen LogP contribution in [0.3, 0.4) is 0 Å². The van der Waals surface area contributed by atoms with Crippen LogP contribution in [0, 0.1) is 5.82 Å². The van der Waals surface area contributed by atoms with E-state index in [4.69, 9.17) is 0 Å². The summed E-state index contributed by atoms with van der Waals surface area (Å²) in [6, 6.07) is 1.57. The maximum atomic E-state index is 13.1. The van der Waals surface area contributed by atoms with Crippen molar-refractivity contribution in [3.8, 4) is 0 Å². The van der Waals surface area contributed by atoms with E-state index in [0.717, 1.165) is 38.2 Å². The summed E-state index contributed by atoms with van der Waals surface area (Å²) in [6.45, 7) is 8.22. The molecule has 1 fully saturated rings. The molecular weight excluding hydrogens is 217 g/mol. The molecule has 1 aliphatic rings. The van der Waals surface area contributed by atoms with Gasteiger partial charge in [-0.05, 0) is 25.0 Å². The molecule has 17 heavy (non-hydrogen) atoms. The summed E-state index contributed by atoms with van der Waals surface area (Å²) in [5.41, 5.74) is 1.11. The highest BCUT2D eigenvalue weighted by molar-refractivity contribution is 5.11. The Labute approximate surface area is 102 Å². The molecule has 1 unspecified atom stereocenters. The molecule has 1 aromatic rings. The zero-order valence-corrected chi connectivity index (χ0v) is 10.5. The van der Waals surface area contributed by atoms with Crippen LogP contribution in [0.5, 0.6) is 0 Å². The van der Waals surface area contributed by atoms with E-state index in [1.807, 2.05) is 0 Å². The van der Waals surface area contributed by atoms with Crippen molar-refractivity contribution in [1.29, 1.82) is 0 Å². The fourth-order valence-electron chi connectivity index (χ4n) is 2.33. The summed E-state index contributed by atoms with van der Waals surface area (Å²) in [7, 11) is 0. The molecule has 0 aromatic carbocycles. The SMILES string of the molecule is CCC1(C)CNCCN1Cc1cncc(F)c1. The lowest BCUT2D eigenvalue weighted by atomic mass is 9.93. The van der Waals surface area contributed by atoms with Crippen LogP contribution >= 0.6 is 0 Å². The van der Waals surface area contributed by atoms with E-state index < -0.39 is 0 Å². The molecule has 0 spiro atoms. The molecular formula is C13H20FN3. The van der Waals surface area contributed by atoms with Crippen molar-refractivity contribution in [3.63, 3.8) is 0 Å². The quantitative estimate of drug-likeness (QED) is 0.869. The summed E-state index contributed by atoms with van der Waals surface area (Å²) in [5.74, 6) is -0.254. The van der Waals surface area contributed by atoms with E-state index in [1.54, 1.807) is 12.3 Å². The minimum absolute atomic E-state index is 0.157. The van der Waals surface area contributed by atoms with E-state index in [1.165, 1.54) is 6.20 Å². The number of halogens is 1. The lowest BCUT2D eigenvalue weighted by molar-refractivity contribution is 0.0636. The lowest BCUT2D eigenvalue weighted by Crippen LogP contribution is -2.58. The predicted octanol–water partition coefficient (Wildman–Crippen LogP) is 1.79. The van der Waals surface area contributed by atoms with Crippen molar-refractivity contribution >= 4 is 0 Å². The normalized spacial score (nSPS) is 26.1. The van der Waals surface area contributed by atoms with E-state index in [-0.39, 0.29) is 11.4 Å². The van der Waals surface area contributed by atoms with Gasteiger partial charge in [0.05, 0.1) is 6.20 Å². The molecule has 0 bridgehead atoms. The van der Waals surface area contributed by atoms with Gasteiger partial charge in [0.15, 0.2) is 0 Å². The molecule has 2 rings (SSSR count). The van der Waals surface area contributed by atoms with Gasteiger partial charge < -0.3 is 5.32 Å². The van der Waals surface area contributed by atoms with Crippen LogP contribution < -0.4 is 5.32 Å². The Hall–Kier alpha value is -1.00. The van der Waals surface area contributed by atoms with Crippen molar-refractivity contribution < 1.29 is 4.39 Å². The zero-order chi connectivity index (χ0) is 12.3. The zero-order valence-electron chi connectivity index (χ0n) is 10.5. The number of hydrogen-bond donors (Lipinski definition) is 1. The van der Waals surface area contributed by atoms with Crippen LogP contribution in [0.15, 0.2) is 18.5 Å². The average Bonchev–Trinajstić information content (AvgIpc) is 2.32. The molecule has 1 aliphatic heterocycles. The third-order valence-electron chi connectivity index (χ3n) is 3.72. The fourth-order valence-corrected chi connectivity index (χ4v) is 2.33. The summed E-state index contributed by atoms with van der Waals surface area (Å²) in [4.78, 5) is 6.32. The first-order chi connectivity index (χ1) is 8.14. The molecule has 94 valence electrons. The van der Waals surface area contributed by atoms with Crippen molar-refractivity contribution in [2.45, 2.75) is 32.4 Å². The van der Waals surface area contributed by atoms with Crippen LogP contribution in [0.2, 0.25) is 0 Å². The van der Waals surface area contributed by atoms with E-state index in [0.29, 0.717) is 0 Å². The smallest absolute Gasteiger partial charge is 0.141 e. The maximum absolute atomic E-state index is 13.1. The molecule has 1 N–H and O–H groups in total. The molecule has 0 saturated carbocycles. The fraction of sp³-hybridized carbons (Fsp3) is 0.615. The number of piperazine rings is 1. The highest BCUT2D eigenvalue weighted by atomic mass is 19.1. The number of rotatable bonds is 3. The summed E-state index contributed by atoms with van der Waals surface area (Å²) in [5, 5.41) is 3.42. The lowest BCUT2D eigenvalue weighted by Gasteiger charge is -2.45. The Morgan fingerprint density at radius 1 is 1.53 bits per heavy atom. The van der Waals surface area contributed by atoms with Gasteiger partial charge in [0.1, 0.15) is 5.82 Å². The standard InChI is InChI=1S/C13H20FN3/c1-3-13(2)10-15-4-5-17(13)9-11-6-12(14)8-16-7-11/h6-8,15H,3-5,9-10H2,1-2H3. The van der Waals surface area contributed by atoms with E-state index in [2.05, 4.69) is 29.0 Å². The van der Waals surface area contributed by atoms with Gasteiger partial charge in [-0.2, -0.15) is 0 Å². The summed E-state index contributed by atoms with van der Waals surface area (Å²) >= 11 is 0. The molecule has 1 aromatic heterocycles. The van der Waals surface area contributed by atoms with Gasteiger partial charge in [0, 0.05) is 37.9 Å². The van der Waals surface area contributed by atoms with Crippen LogP contribution in [0.1, 0.15) is 25.8 Å². The highest BCUT2D eigenvalue weighted by Gasteiger charge is 2.32. The number of nitrogens with one attached hydrogen (secondary N) is 1. The molecule has 0 radical (unpaired) electrons. The average molecular weight is 237 g/mol. The molecule has 4 heteroatoms. The Morgan fingerprint density at radius 3 is 3.06 bits per heavy atom. The molecule has 1 saturated heterocycles. The highest BCUT2D eigenvalue weighted by Crippen LogP contribution is 2.23. The van der Waals surface area contributed by atoms with Gasteiger partial charge in [-0.1, -0.05) is 6.92 Å². The molecule has 0 amide bonds. The topological polar surface area (TPSA) is 28.2 Å². The van der Waals surface area contributed by atoms with Crippen LogP contribution in [0.4, 0.5) is 4.39 Å². The first kappa shape index (κ1) is 12.5. The Morgan fingerprint density at radius 2 is 2.35 bits per heavy atom. The third-order valence-corrected chi connectivity index (χ3v) is 3.72. The second-order valence-corrected chi connectivity index (χ2v) is 4.96. The second kappa shape index (κ2) is 5.10. The minimum Gasteiger partial charge on any atom is -0.314 e. The number of nitrogens with zero attached hydrogens (tertiary/aromatic N) is 2. The number of hydrogen-bond acceptors (Lipinski definition) is 3. The first-order valence-electron chi connectivity index (χ1n) is 6.19. The van der Waals surface area contributed by atoms with Gasteiger partial charge in [0.2, 0.25) is 0 Å². The van der Waals surface area contributed by atoms with Gasteiger partial charge >= 0.3 is 0 Å².